The number of nitrogens with zero attached hydrogens (tertiary/aromatic N) is 1. The number of nitrogens with one attached hydrogen (secondary N) is 2. The number of amidine groups is 1. The van der Waals surface area contributed by atoms with Gasteiger partial charge in [0.2, 0.25) is 0 Å². The maximum Gasteiger partial charge on any atom is 0.318 e. The van der Waals surface area contributed by atoms with Crippen molar-refractivity contribution in [3.8, 4) is 34.0 Å². The molecule has 0 fully saturated rings. The van der Waals surface area contributed by atoms with Crippen molar-refractivity contribution in [2.45, 2.75) is 5.41 Å². The summed E-state index contributed by atoms with van der Waals surface area (Å²) < 4.78 is 14.0. The average Bonchev–Trinajstić information content (AvgIpc) is 3.25. The molecule has 0 unspecified atom stereocenters. The summed E-state index contributed by atoms with van der Waals surface area (Å²) in [6.45, 7) is -1.97. The zero-order valence-corrected chi connectivity index (χ0v) is 18.1. The van der Waals surface area contributed by atoms with Crippen molar-refractivity contribution in [2.24, 2.45) is 5.73 Å². The zero-order chi connectivity index (χ0) is 25.5. The predicted molar refractivity (Wildman–Crippen MR) is 125 cm³/mol. The monoisotopic (exact) mass is 480 g/mol. The Kier molecular flexibility index (Phi) is 5.89. The summed E-state index contributed by atoms with van der Waals surface area (Å²) >= 11 is 0. The Morgan fingerprint density at radius 2 is 1.71 bits per heavy atom. The summed E-state index contributed by atoms with van der Waals surface area (Å²) in [6, 6.07) is 10.2. The molecule has 0 spiro atoms. The number of aliphatic carboxylic acids is 1. The van der Waals surface area contributed by atoms with E-state index in [0.29, 0.717) is 16.6 Å². The van der Waals surface area contributed by atoms with Gasteiger partial charge in [-0.05, 0) is 54.1 Å². The lowest BCUT2D eigenvalue weighted by molar-refractivity contribution is -0.147. The SMILES string of the molecule is N=C(N)c1ccc2nc(-c3cc(C(CO)(CO)C(=O)O)cc(-c4cc(F)ccc4O)c3O)[nH]c2c1. The van der Waals surface area contributed by atoms with Gasteiger partial charge in [-0.25, -0.2) is 9.37 Å². The van der Waals surface area contributed by atoms with Gasteiger partial charge in [-0.2, -0.15) is 0 Å². The fraction of sp³-hybridized carbons (Fsp3) is 0.125. The molecule has 180 valence electrons. The number of hydrogen-bond acceptors (Lipinski definition) is 7. The molecule has 11 heteroatoms. The van der Waals surface area contributed by atoms with Crippen LogP contribution in [-0.4, -0.2) is 60.5 Å². The van der Waals surface area contributed by atoms with Crippen LogP contribution in [0, 0.1) is 11.2 Å². The molecule has 1 heterocycles. The number of carboxylic acids is 1. The van der Waals surface area contributed by atoms with Gasteiger partial charge in [-0.3, -0.25) is 10.2 Å². The van der Waals surface area contributed by atoms with Crippen LogP contribution in [0.1, 0.15) is 11.1 Å². The smallest absolute Gasteiger partial charge is 0.318 e. The highest BCUT2D eigenvalue weighted by Gasteiger charge is 2.41. The van der Waals surface area contributed by atoms with Crippen molar-refractivity contribution in [1.82, 2.24) is 9.97 Å². The maximum atomic E-state index is 14.0. The summed E-state index contributed by atoms with van der Waals surface area (Å²) in [6.07, 6.45) is 0. The number of phenols is 2. The molecule has 0 radical (unpaired) electrons. The Morgan fingerprint density at radius 1 is 1.03 bits per heavy atom. The number of phenolic OH excluding ortho intramolecular Hbond substituents is 2. The number of aromatic amines is 1. The first-order chi connectivity index (χ1) is 16.6. The van der Waals surface area contributed by atoms with Crippen LogP contribution in [0.2, 0.25) is 0 Å². The first kappa shape index (κ1) is 23.7. The van der Waals surface area contributed by atoms with Crippen molar-refractivity contribution < 1.29 is 34.7 Å². The number of rotatable bonds is 7. The van der Waals surface area contributed by atoms with E-state index in [2.05, 4.69) is 9.97 Å². The van der Waals surface area contributed by atoms with E-state index in [9.17, 15) is 34.7 Å². The molecule has 9 N–H and O–H groups in total. The predicted octanol–water partition coefficient (Wildman–Crippen LogP) is 2.04. The minimum atomic E-state index is -2.17. The molecule has 4 aromatic rings. The van der Waals surface area contributed by atoms with Gasteiger partial charge in [-0.1, -0.05) is 0 Å². The number of nitrogens with two attached hydrogens (primary N) is 1. The number of H-pyrrole nitrogens is 1. The standard InChI is InChI=1S/C24H21FN4O6/c25-13-2-4-19(32)14(8-13)15-6-12(24(9-30,10-31)23(34)35)7-16(20(15)33)22-28-17-3-1-11(21(26)27)5-18(17)29-22/h1-8,30-33H,9-10H2,(H3,26,27)(H,28,29)(H,34,35). The maximum absolute atomic E-state index is 14.0. The topological polar surface area (TPSA) is 197 Å². The highest BCUT2D eigenvalue weighted by Crippen LogP contribution is 2.44. The van der Waals surface area contributed by atoms with Crippen LogP contribution in [-0.2, 0) is 10.2 Å². The van der Waals surface area contributed by atoms with E-state index < -0.39 is 41.9 Å². The quantitative estimate of drug-likeness (QED) is 0.145. The van der Waals surface area contributed by atoms with Crippen LogP contribution >= 0.6 is 0 Å². The second-order valence-corrected chi connectivity index (χ2v) is 8.02. The van der Waals surface area contributed by atoms with Gasteiger partial charge in [0.1, 0.15) is 34.4 Å². The third-order valence-corrected chi connectivity index (χ3v) is 5.91. The Bertz CT molecular complexity index is 1480. The van der Waals surface area contributed by atoms with E-state index in [1.807, 2.05) is 0 Å². The summed E-state index contributed by atoms with van der Waals surface area (Å²) in [4.78, 5) is 19.4. The van der Waals surface area contributed by atoms with Gasteiger partial charge in [0.25, 0.3) is 0 Å². The van der Waals surface area contributed by atoms with E-state index in [1.165, 1.54) is 6.07 Å². The molecule has 0 aliphatic heterocycles. The van der Waals surface area contributed by atoms with Crippen molar-refractivity contribution >= 4 is 22.8 Å². The lowest BCUT2D eigenvalue weighted by Gasteiger charge is -2.27. The molecule has 35 heavy (non-hydrogen) atoms. The van der Waals surface area contributed by atoms with Crippen LogP contribution in [0.25, 0.3) is 33.5 Å². The van der Waals surface area contributed by atoms with E-state index in [1.54, 1.807) is 18.2 Å². The van der Waals surface area contributed by atoms with Crippen LogP contribution in [0.3, 0.4) is 0 Å². The Morgan fingerprint density at radius 3 is 2.34 bits per heavy atom. The van der Waals surface area contributed by atoms with E-state index in [-0.39, 0.29) is 33.9 Å². The number of fused-ring (bicyclic) bond motifs is 1. The number of carbonyl (C=O) groups is 1. The van der Waals surface area contributed by atoms with Gasteiger partial charge in [-0.15, -0.1) is 0 Å². The number of aromatic nitrogens is 2. The number of hydrogen-bond donors (Lipinski definition) is 8. The molecule has 3 aromatic carbocycles. The van der Waals surface area contributed by atoms with Gasteiger partial charge in [0.05, 0.1) is 29.8 Å². The van der Waals surface area contributed by atoms with Crippen molar-refractivity contribution in [1.29, 1.82) is 5.41 Å². The number of nitrogen functional groups attached to an aromatic ring is 1. The molecule has 0 saturated heterocycles. The summed E-state index contributed by atoms with van der Waals surface area (Å²) in [7, 11) is 0. The molecule has 0 atom stereocenters. The Labute approximate surface area is 197 Å². The number of carboxylic acid groups (broad SMARTS) is 1. The van der Waals surface area contributed by atoms with Gasteiger partial charge in [0.15, 0.2) is 0 Å². The fourth-order valence-corrected chi connectivity index (χ4v) is 3.82. The van der Waals surface area contributed by atoms with Crippen LogP contribution in [0.4, 0.5) is 4.39 Å². The Hall–Kier alpha value is -4.48. The molecular weight excluding hydrogens is 459 g/mol. The number of aliphatic hydroxyl groups excluding tert-OH is 2. The van der Waals surface area contributed by atoms with Gasteiger partial charge >= 0.3 is 5.97 Å². The molecule has 0 aliphatic rings. The lowest BCUT2D eigenvalue weighted by atomic mass is 9.79. The molecule has 0 aliphatic carbocycles. The number of imidazole rings is 1. The molecule has 10 nitrogen and oxygen atoms in total. The molecular formula is C24H21FN4O6. The zero-order valence-electron chi connectivity index (χ0n) is 18.1. The van der Waals surface area contributed by atoms with Crippen LogP contribution in [0.15, 0.2) is 48.5 Å². The highest BCUT2D eigenvalue weighted by molar-refractivity contribution is 5.98. The third-order valence-electron chi connectivity index (χ3n) is 5.91. The minimum absolute atomic E-state index is 0.0331. The van der Waals surface area contributed by atoms with Crippen molar-refractivity contribution in [3.05, 3.63) is 65.5 Å². The second-order valence-electron chi connectivity index (χ2n) is 8.02. The number of aromatic hydroxyl groups is 2. The average molecular weight is 480 g/mol. The highest BCUT2D eigenvalue weighted by atomic mass is 19.1. The molecule has 4 rings (SSSR count). The second kappa shape index (κ2) is 8.70. The summed E-state index contributed by atoms with van der Waals surface area (Å²) in [5.41, 5.74) is 4.24. The normalized spacial score (nSPS) is 11.6. The first-order valence-electron chi connectivity index (χ1n) is 10.3. The summed E-state index contributed by atoms with van der Waals surface area (Å²) in [5.74, 6) is -3.21. The molecule has 0 saturated carbocycles. The Balaban J connectivity index is 2.05. The summed E-state index contributed by atoms with van der Waals surface area (Å²) in [5, 5.41) is 58.7. The van der Waals surface area contributed by atoms with Gasteiger partial charge < -0.3 is 36.3 Å². The lowest BCUT2D eigenvalue weighted by Crippen LogP contribution is -2.43. The molecule has 0 amide bonds. The first-order valence-corrected chi connectivity index (χ1v) is 10.3. The number of aliphatic hydroxyl groups is 2. The number of halogens is 1. The van der Waals surface area contributed by atoms with Gasteiger partial charge in [0, 0.05) is 16.7 Å². The van der Waals surface area contributed by atoms with Crippen molar-refractivity contribution in [2.75, 3.05) is 13.2 Å². The fourth-order valence-electron chi connectivity index (χ4n) is 3.82. The van der Waals surface area contributed by atoms with Crippen molar-refractivity contribution in [3.63, 3.8) is 0 Å². The molecule has 1 aromatic heterocycles. The number of benzene rings is 3. The van der Waals surface area contributed by atoms with Crippen LogP contribution < -0.4 is 5.73 Å². The van der Waals surface area contributed by atoms with E-state index in [0.717, 1.165) is 24.3 Å². The van der Waals surface area contributed by atoms with E-state index >= 15 is 0 Å². The molecule has 0 bridgehead atoms. The third kappa shape index (κ3) is 3.92. The van der Waals surface area contributed by atoms with Crippen LogP contribution in [0.5, 0.6) is 11.5 Å². The largest absolute Gasteiger partial charge is 0.507 e. The van der Waals surface area contributed by atoms with E-state index in [4.69, 9.17) is 11.1 Å². The minimum Gasteiger partial charge on any atom is -0.507 e.